The molecule has 22 heavy (non-hydrogen) atoms. The van der Waals surface area contributed by atoms with Crippen LogP contribution in [0.4, 0.5) is 0 Å². The van der Waals surface area contributed by atoms with Gasteiger partial charge in [0.05, 0.1) is 12.7 Å². The molecule has 2 bridgehead atoms. The van der Waals surface area contributed by atoms with Crippen molar-refractivity contribution in [2.45, 2.75) is 43.4 Å². The van der Waals surface area contributed by atoms with Crippen LogP contribution in [0.1, 0.15) is 31.2 Å². The molecule has 2 heterocycles. The number of benzene rings is 1. The van der Waals surface area contributed by atoms with E-state index in [1.165, 1.54) is 7.11 Å². The van der Waals surface area contributed by atoms with Gasteiger partial charge in [0.1, 0.15) is 12.4 Å². The number of aliphatic hydroxyl groups is 1. The smallest absolute Gasteiger partial charge is 0.249 e. The van der Waals surface area contributed by atoms with Gasteiger partial charge in [0.25, 0.3) is 0 Å². The second kappa shape index (κ2) is 5.89. The van der Waals surface area contributed by atoms with Crippen LogP contribution >= 0.6 is 0 Å². The zero-order chi connectivity index (χ0) is 15.7. The maximum Gasteiger partial charge on any atom is 0.249 e. The monoisotopic (exact) mass is 305 g/mol. The molecule has 1 aromatic rings. The van der Waals surface area contributed by atoms with Crippen molar-refractivity contribution in [3.63, 3.8) is 0 Å². The number of amides is 1. The lowest BCUT2D eigenvalue weighted by molar-refractivity contribution is -0.145. The molecule has 0 aliphatic carbocycles. The average Bonchev–Trinajstić information content (AvgIpc) is 2.80. The van der Waals surface area contributed by atoms with Crippen LogP contribution in [-0.4, -0.2) is 48.8 Å². The molecule has 2 atom stereocenters. The van der Waals surface area contributed by atoms with Crippen LogP contribution in [0.2, 0.25) is 0 Å². The van der Waals surface area contributed by atoms with Crippen molar-refractivity contribution in [3.8, 4) is 5.75 Å². The number of nitrogens with zero attached hydrogens (tertiary/aromatic N) is 1. The molecule has 2 fully saturated rings. The minimum Gasteiger partial charge on any atom is -0.497 e. The highest BCUT2D eigenvalue weighted by molar-refractivity contribution is 5.78. The molecule has 0 saturated carbocycles. The highest BCUT2D eigenvalue weighted by Gasteiger charge is 2.49. The minimum absolute atomic E-state index is 0.0341. The standard InChI is InChI=1S/C17H23NO4/c1-21-11-16(19)18-13-5-6-14(18)10-17(20,9-13)12-3-7-15(22-2)8-4-12/h3-4,7-8,13-14,20H,5-6,9-11H2,1-2H3. The van der Waals surface area contributed by atoms with Gasteiger partial charge < -0.3 is 19.5 Å². The van der Waals surface area contributed by atoms with Crippen LogP contribution in [0.3, 0.4) is 0 Å². The van der Waals surface area contributed by atoms with Crippen LogP contribution in [-0.2, 0) is 15.1 Å². The summed E-state index contributed by atoms with van der Waals surface area (Å²) in [4.78, 5) is 14.1. The number of piperidine rings is 1. The molecule has 2 aliphatic rings. The first-order valence-corrected chi connectivity index (χ1v) is 7.74. The lowest BCUT2D eigenvalue weighted by Crippen LogP contribution is -2.52. The molecule has 0 aromatic heterocycles. The lowest BCUT2D eigenvalue weighted by Gasteiger charge is -2.44. The van der Waals surface area contributed by atoms with Gasteiger partial charge in [0.15, 0.2) is 0 Å². The van der Waals surface area contributed by atoms with E-state index in [0.29, 0.717) is 12.8 Å². The van der Waals surface area contributed by atoms with Gasteiger partial charge in [-0.3, -0.25) is 4.79 Å². The van der Waals surface area contributed by atoms with Gasteiger partial charge in [-0.25, -0.2) is 0 Å². The van der Waals surface area contributed by atoms with Crippen molar-refractivity contribution >= 4 is 5.91 Å². The SMILES string of the molecule is COCC(=O)N1C2CCC1CC(O)(c1ccc(OC)cc1)C2. The number of ether oxygens (including phenoxy) is 2. The molecular weight excluding hydrogens is 282 g/mol. The second-order valence-electron chi connectivity index (χ2n) is 6.29. The molecule has 2 saturated heterocycles. The number of carbonyl (C=O) groups excluding carboxylic acids is 1. The number of fused-ring (bicyclic) bond motifs is 2. The van der Waals surface area contributed by atoms with Crippen molar-refractivity contribution in [1.29, 1.82) is 0 Å². The average molecular weight is 305 g/mol. The van der Waals surface area contributed by atoms with Crippen LogP contribution in [0.15, 0.2) is 24.3 Å². The van der Waals surface area contributed by atoms with Crippen molar-refractivity contribution < 1.29 is 19.4 Å². The third-order valence-corrected chi connectivity index (χ3v) is 4.95. The van der Waals surface area contributed by atoms with Crippen molar-refractivity contribution in [2.75, 3.05) is 20.8 Å². The van der Waals surface area contributed by atoms with Crippen molar-refractivity contribution in [2.24, 2.45) is 0 Å². The van der Waals surface area contributed by atoms with Gasteiger partial charge in [-0.05, 0) is 30.5 Å². The fourth-order valence-electron chi connectivity index (χ4n) is 3.97. The Morgan fingerprint density at radius 2 is 1.82 bits per heavy atom. The summed E-state index contributed by atoms with van der Waals surface area (Å²) < 4.78 is 10.1. The number of rotatable bonds is 4. The zero-order valence-corrected chi connectivity index (χ0v) is 13.1. The molecule has 2 unspecified atom stereocenters. The zero-order valence-electron chi connectivity index (χ0n) is 13.1. The Kier molecular flexibility index (Phi) is 4.10. The predicted octanol–water partition coefficient (Wildman–Crippen LogP) is 1.68. The summed E-state index contributed by atoms with van der Waals surface area (Å²) in [5.41, 5.74) is 0.0473. The summed E-state index contributed by atoms with van der Waals surface area (Å²) in [6.45, 7) is 0.119. The van der Waals surface area contributed by atoms with E-state index in [2.05, 4.69) is 0 Å². The molecule has 120 valence electrons. The van der Waals surface area contributed by atoms with Gasteiger partial charge in [-0.15, -0.1) is 0 Å². The minimum atomic E-state index is -0.859. The Balaban J connectivity index is 1.79. The van der Waals surface area contributed by atoms with Crippen molar-refractivity contribution in [3.05, 3.63) is 29.8 Å². The van der Waals surface area contributed by atoms with Crippen LogP contribution in [0, 0.1) is 0 Å². The lowest BCUT2D eigenvalue weighted by atomic mass is 9.80. The van der Waals surface area contributed by atoms with E-state index < -0.39 is 5.60 Å². The van der Waals surface area contributed by atoms with Gasteiger partial charge >= 0.3 is 0 Å². The molecule has 1 aromatic carbocycles. The Morgan fingerprint density at radius 3 is 2.32 bits per heavy atom. The number of hydrogen-bond donors (Lipinski definition) is 1. The molecular formula is C17H23NO4. The highest BCUT2D eigenvalue weighted by Crippen LogP contribution is 2.45. The maximum atomic E-state index is 12.2. The van der Waals surface area contributed by atoms with E-state index in [1.54, 1.807) is 7.11 Å². The Bertz CT molecular complexity index is 528. The molecule has 2 aliphatic heterocycles. The second-order valence-corrected chi connectivity index (χ2v) is 6.29. The fourth-order valence-corrected chi connectivity index (χ4v) is 3.97. The molecule has 5 nitrogen and oxygen atoms in total. The van der Waals surface area contributed by atoms with E-state index in [-0.39, 0.29) is 24.6 Å². The number of carbonyl (C=O) groups is 1. The van der Waals surface area contributed by atoms with E-state index in [1.807, 2.05) is 29.2 Å². The Hall–Kier alpha value is -1.59. The molecule has 3 rings (SSSR count). The quantitative estimate of drug-likeness (QED) is 0.919. The Morgan fingerprint density at radius 1 is 1.23 bits per heavy atom. The molecule has 1 amide bonds. The topological polar surface area (TPSA) is 59.0 Å². The first kappa shape index (κ1) is 15.3. The van der Waals surface area contributed by atoms with Gasteiger partial charge in [-0.2, -0.15) is 0 Å². The van der Waals surface area contributed by atoms with Crippen LogP contribution in [0.25, 0.3) is 0 Å². The predicted molar refractivity (Wildman–Crippen MR) is 81.7 cm³/mol. The summed E-state index contributed by atoms with van der Waals surface area (Å²) in [5, 5.41) is 11.1. The summed E-state index contributed by atoms with van der Waals surface area (Å²) in [7, 11) is 3.17. The first-order valence-electron chi connectivity index (χ1n) is 7.74. The van der Waals surface area contributed by atoms with Crippen molar-refractivity contribution in [1.82, 2.24) is 4.90 Å². The Labute approximate surface area is 130 Å². The number of hydrogen-bond acceptors (Lipinski definition) is 4. The third kappa shape index (κ3) is 2.59. The van der Waals surface area contributed by atoms with Crippen LogP contribution in [0.5, 0.6) is 5.75 Å². The van der Waals surface area contributed by atoms with E-state index >= 15 is 0 Å². The maximum absolute atomic E-state index is 12.2. The largest absolute Gasteiger partial charge is 0.497 e. The van der Waals surface area contributed by atoms with Gasteiger partial charge in [-0.1, -0.05) is 12.1 Å². The van der Waals surface area contributed by atoms with E-state index in [0.717, 1.165) is 24.2 Å². The molecule has 0 radical (unpaired) electrons. The summed E-state index contributed by atoms with van der Waals surface area (Å²) >= 11 is 0. The summed E-state index contributed by atoms with van der Waals surface area (Å²) in [6, 6.07) is 7.80. The molecule has 5 heteroatoms. The fraction of sp³-hybridized carbons (Fsp3) is 0.588. The molecule has 1 N–H and O–H groups in total. The summed E-state index contributed by atoms with van der Waals surface area (Å²) in [5.74, 6) is 0.815. The number of methoxy groups -OCH3 is 2. The van der Waals surface area contributed by atoms with Crippen LogP contribution < -0.4 is 4.74 Å². The van der Waals surface area contributed by atoms with Gasteiger partial charge in [0.2, 0.25) is 5.91 Å². The van der Waals surface area contributed by atoms with E-state index in [4.69, 9.17) is 9.47 Å². The highest BCUT2D eigenvalue weighted by atomic mass is 16.5. The third-order valence-electron chi connectivity index (χ3n) is 4.95. The van der Waals surface area contributed by atoms with E-state index in [9.17, 15) is 9.90 Å². The normalized spacial score (nSPS) is 30.4. The molecule has 0 spiro atoms. The van der Waals surface area contributed by atoms with Gasteiger partial charge in [0, 0.05) is 32.0 Å². The first-order chi connectivity index (χ1) is 10.6. The summed E-state index contributed by atoms with van der Waals surface area (Å²) in [6.07, 6.45) is 3.09.